The first kappa shape index (κ1) is 23.0. The van der Waals surface area contributed by atoms with Crippen molar-refractivity contribution in [2.45, 2.75) is 19.3 Å². The van der Waals surface area contributed by atoms with Crippen molar-refractivity contribution >= 4 is 29.9 Å². The second-order valence-corrected chi connectivity index (χ2v) is 5.74. The van der Waals surface area contributed by atoms with Gasteiger partial charge in [0.15, 0.2) is 12.6 Å². The van der Waals surface area contributed by atoms with Crippen molar-refractivity contribution in [3.8, 4) is 5.88 Å². The Morgan fingerprint density at radius 2 is 1.85 bits per heavy atom. The molecular formula is C18H22F3IN4O. The Bertz CT molecular complexity index is 724. The Morgan fingerprint density at radius 3 is 2.48 bits per heavy atom. The van der Waals surface area contributed by atoms with E-state index in [1.165, 1.54) is 6.20 Å². The van der Waals surface area contributed by atoms with Gasteiger partial charge in [0.1, 0.15) is 0 Å². The largest absolute Gasteiger partial charge is 0.468 e. The Balaban J connectivity index is 0.00000364. The molecule has 0 fully saturated rings. The molecule has 0 aliphatic rings. The van der Waals surface area contributed by atoms with Crippen LogP contribution in [0.3, 0.4) is 0 Å². The number of benzene rings is 1. The number of aromatic nitrogens is 1. The van der Waals surface area contributed by atoms with E-state index in [0.717, 1.165) is 5.56 Å². The molecule has 27 heavy (non-hydrogen) atoms. The fourth-order valence-electron chi connectivity index (χ4n) is 2.12. The maximum Gasteiger partial charge on any atom is 0.422 e. The van der Waals surface area contributed by atoms with Crippen LogP contribution in [0.2, 0.25) is 0 Å². The summed E-state index contributed by atoms with van der Waals surface area (Å²) in [7, 11) is 3.67. The minimum absolute atomic E-state index is 0. The maximum atomic E-state index is 12.4. The van der Waals surface area contributed by atoms with Crippen LogP contribution < -0.4 is 10.1 Å². The van der Waals surface area contributed by atoms with Crippen LogP contribution in [0.1, 0.15) is 11.1 Å². The molecule has 0 atom stereocenters. The molecule has 5 nitrogen and oxygen atoms in total. The summed E-state index contributed by atoms with van der Waals surface area (Å²) in [5.74, 6) is 0.568. The molecule has 1 aromatic heterocycles. The molecule has 0 bridgehead atoms. The Kier molecular flexibility index (Phi) is 9.33. The summed E-state index contributed by atoms with van der Waals surface area (Å²) in [6, 6.07) is 13.1. The van der Waals surface area contributed by atoms with Crippen LogP contribution in [0.25, 0.3) is 0 Å². The number of guanidine groups is 1. The minimum atomic E-state index is -4.41. The third-order valence-electron chi connectivity index (χ3n) is 3.34. The monoisotopic (exact) mass is 494 g/mol. The molecular weight excluding hydrogens is 472 g/mol. The van der Waals surface area contributed by atoms with Crippen molar-refractivity contribution in [1.82, 2.24) is 15.2 Å². The zero-order valence-electron chi connectivity index (χ0n) is 15.0. The van der Waals surface area contributed by atoms with E-state index in [1.54, 1.807) is 17.0 Å². The number of aliphatic imine (C=N–C) groups is 1. The number of halogens is 4. The average molecular weight is 494 g/mol. The van der Waals surface area contributed by atoms with Crippen LogP contribution >= 0.6 is 24.0 Å². The Morgan fingerprint density at radius 1 is 1.15 bits per heavy atom. The number of ether oxygens (including phenoxy) is 1. The van der Waals surface area contributed by atoms with Gasteiger partial charge in [0.05, 0.1) is 6.54 Å². The lowest BCUT2D eigenvalue weighted by Gasteiger charge is -2.19. The number of nitrogens with one attached hydrogen (secondary N) is 1. The van der Waals surface area contributed by atoms with Crippen LogP contribution in [0.4, 0.5) is 13.2 Å². The van der Waals surface area contributed by atoms with Gasteiger partial charge >= 0.3 is 6.18 Å². The molecule has 0 saturated carbocycles. The van der Waals surface area contributed by atoms with Crippen molar-refractivity contribution in [2.75, 3.05) is 20.7 Å². The second-order valence-electron chi connectivity index (χ2n) is 5.74. The number of hydrogen-bond donors (Lipinski definition) is 1. The molecule has 0 aliphatic heterocycles. The van der Waals surface area contributed by atoms with E-state index in [0.29, 0.717) is 18.1 Å². The lowest BCUT2D eigenvalue weighted by molar-refractivity contribution is -0.154. The molecule has 1 heterocycles. The zero-order valence-corrected chi connectivity index (χ0v) is 17.4. The van der Waals surface area contributed by atoms with Crippen molar-refractivity contribution in [2.24, 2.45) is 4.99 Å². The highest BCUT2D eigenvalue weighted by Gasteiger charge is 2.29. The number of rotatable bonds is 6. The summed E-state index contributed by atoms with van der Waals surface area (Å²) in [6.07, 6.45) is -3.01. The second kappa shape index (κ2) is 11.0. The molecule has 1 aromatic carbocycles. The average Bonchev–Trinajstić information content (AvgIpc) is 2.60. The quantitative estimate of drug-likeness (QED) is 0.377. The van der Waals surface area contributed by atoms with Gasteiger partial charge in [0.2, 0.25) is 5.88 Å². The normalized spacial score (nSPS) is 11.5. The van der Waals surface area contributed by atoms with Crippen LogP contribution in [0.5, 0.6) is 5.88 Å². The van der Waals surface area contributed by atoms with Gasteiger partial charge in [-0.3, -0.25) is 0 Å². The number of nitrogens with zero attached hydrogens (tertiary/aromatic N) is 3. The minimum Gasteiger partial charge on any atom is -0.468 e. The van der Waals surface area contributed by atoms with Crippen LogP contribution in [-0.4, -0.2) is 42.7 Å². The molecule has 0 aliphatic carbocycles. The van der Waals surface area contributed by atoms with Gasteiger partial charge in [-0.15, -0.1) is 24.0 Å². The van der Waals surface area contributed by atoms with Crippen molar-refractivity contribution in [3.63, 3.8) is 0 Å². The molecule has 0 radical (unpaired) electrons. The summed E-state index contributed by atoms with van der Waals surface area (Å²) >= 11 is 0. The Hall–Kier alpha value is -2.04. The van der Waals surface area contributed by atoms with E-state index in [4.69, 9.17) is 4.74 Å². The van der Waals surface area contributed by atoms with Crippen molar-refractivity contribution < 1.29 is 17.9 Å². The summed E-state index contributed by atoms with van der Waals surface area (Å²) in [5.41, 5.74) is 1.58. The third-order valence-corrected chi connectivity index (χ3v) is 3.34. The molecule has 2 rings (SSSR count). The highest BCUT2D eigenvalue weighted by Crippen LogP contribution is 2.19. The first-order chi connectivity index (χ1) is 12.3. The zero-order chi connectivity index (χ0) is 19.0. The molecule has 0 saturated heterocycles. The van der Waals surface area contributed by atoms with Gasteiger partial charge in [-0.05, 0) is 11.6 Å². The molecule has 2 aromatic rings. The van der Waals surface area contributed by atoms with Gasteiger partial charge < -0.3 is 15.0 Å². The standard InChI is InChI=1S/C18H21F3N4O.HI/c1-25(2)17(23-11-14-7-4-3-5-8-14)24-12-15-9-6-10-22-16(15)26-13-18(19,20)21;/h3-10H,11-13H2,1-2H3,(H,23,24);1H. The fourth-order valence-corrected chi connectivity index (χ4v) is 2.12. The van der Waals surface area contributed by atoms with E-state index >= 15 is 0 Å². The van der Waals surface area contributed by atoms with Crippen molar-refractivity contribution in [3.05, 3.63) is 59.8 Å². The van der Waals surface area contributed by atoms with Gasteiger partial charge in [0.25, 0.3) is 0 Å². The van der Waals surface area contributed by atoms with Crippen LogP contribution in [0.15, 0.2) is 53.7 Å². The summed E-state index contributed by atoms with van der Waals surface area (Å²) in [5, 5.41) is 3.12. The molecule has 148 valence electrons. The summed E-state index contributed by atoms with van der Waals surface area (Å²) in [4.78, 5) is 10.2. The van der Waals surface area contributed by atoms with E-state index in [9.17, 15) is 13.2 Å². The predicted octanol–water partition coefficient (Wildman–Crippen LogP) is 3.85. The van der Waals surface area contributed by atoms with E-state index < -0.39 is 12.8 Å². The van der Waals surface area contributed by atoms with E-state index in [1.807, 2.05) is 44.4 Å². The lowest BCUT2D eigenvalue weighted by atomic mass is 10.2. The van der Waals surface area contributed by atoms with Gasteiger partial charge in [0, 0.05) is 32.4 Å². The van der Waals surface area contributed by atoms with Crippen LogP contribution in [0, 0.1) is 0 Å². The molecule has 0 amide bonds. The topological polar surface area (TPSA) is 49.8 Å². The Labute approximate surface area is 173 Å². The summed E-state index contributed by atoms with van der Waals surface area (Å²) in [6.45, 7) is -0.641. The summed E-state index contributed by atoms with van der Waals surface area (Å²) < 4.78 is 41.9. The van der Waals surface area contributed by atoms with E-state index in [-0.39, 0.29) is 36.4 Å². The number of pyridine rings is 1. The molecule has 1 N–H and O–H groups in total. The highest BCUT2D eigenvalue weighted by molar-refractivity contribution is 14.0. The lowest BCUT2D eigenvalue weighted by Crippen LogP contribution is -2.36. The smallest absolute Gasteiger partial charge is 0.422 e. The first-order valence-electron chi connectivity index (χ1n) is 7.98. The highest BCUT2D eigenvalue weighted by atomic mass is 127. The maximum absolute atomic E-state index is 12.4. The SMILES string of the molecule is CN(C)C(=NCc1ccccc1)NCc1cccnc1OCC(F)(F)F.I. The van der Waals surface area contributed by atoms with E-state index in [2.05, 4.69) is 15.3 Å². The molecule has 0 spiro atoms. The molecule has 9 heteroatoms. The van der Waals surface area contributed by atoms with Gasteiger partial charge in [-0.25, -0.2) is 9.98 Å². The number of hydrogen-bond acceptors (Lipinski definition) is 3. The predicted molar refractivity (Wildman–Crippen MR) is 109 cm³/mol. The first-order valence-corrected chi connectivity index (χ1v) is 7.98. The van der Waals surface area contributed by atoms with Gasteiger partial charge in [-0.2, -0.15) is 13.2 Å². The van der Waals surface area contributed by atoms with Crippen LogP contribution in [-0.2, 0) is 13.1 Å². The molecule has 0 unspecified atom stereocenters. The number of alkyl halides is 3. The van der Waals surface area contributed by atoms with Gasteiger partial charge in [-0.1, -0.05) is 36.4 Å². The third kappa shape index (κ3) is 8.46. The fraction of sp³-hybridized carbons (Fsp3) is 0.333. The van der Waals surface area contributed by atoms with Crippen molar-refractivity contribution in [1.29, 1.82) is 0 Å².